The third kappa shape index (κ3) is 5.60. The van der Waals surface area contributed by atoms with Gasteiger partial charge in [-0.1, -0.05) is 42.9 Å². The van der Waals surface area contributed by atoms with Crippen molar-refractivity contribution < 1.29 is 9.53 Å². The van der Waals surface area contributed by atoms with Gasteiger partial charge in [-0.2, -0.15) is 0 Å². The summed E-state index contributed by atoms with van der Waals surface area (Å²) in [7, 11) is 0. The molecular formula is C18H25N3O2S. The van der Waals surface area contributed by atoms with E-state index in [1.165, 1.54) is 16.9 Å². The molecule has 0 spiro atoms. The predicted octanol–water partition coefficient (Wildman–Crippen LogP) is 4.55. The Hall–Kier alpha value is -1.95. The van der Waals surface area contributed by atoms with Gasteiger partial charge in [0.15, 0.2) is 0 Å². The van der Waals surface area contributed by atoms with Crippen molar-refractivity contribution in [1.29, 1.82) is 0 Å². The molecular weight excluding hydrogens is 322 g/mol. The second kappa shape index (κ2) is 9.37. The number of nitrogens with one attached hydrogen (secondary N) is 1. The molecule has 1 aromatic carbocycles. The number of aryl methyl sites for hydroxylation is 1. The molecule has 5 nitrogen and oxygen atoms in total. The van der Waals surface area contributed by atoms with E-state index in [1.807, 2.05) is 31.2 Å². The minimum absolute atomic E-state index is 0.0465. The van der Waals surface area contributed by atoms with Crippen molar-refractivity contribution in [3.05, 3.63) is 34.8 Å². The zero-order chi connectivity index (χ0) is 17.4. The first-order chi connectivity index (χ1) is 11.6. The largest absolute Gasteiger partial charge is 0.494 e. The van der Waals surface area contributed by atoms with E-state index in [2.05, 4.69) is 29.4 Å². The molecule has 0 saturated carbocycles. The lowest BCUT2D eigenvalue weighted by atomic mass is 10.1. The molecule has 0 fully saturated rings. The number of aromatic nitrogens is 2. The van der Waals surface area contributed by atoms with E-state index in [1.54, 1.807) is 0 Å². The van der Waals surface area contributed by atoms with E-state index in [0.29, 0.717) is 30.5 Å². The highest BCUT2D eigenvalue weighted by Gasteiger charge is 2.14. The molecule has 0 aliphatic heterocycles. The molecule has 0 saturated heterocycles. The molecule has 24 heavy (non-hydrogen) atoms. The lowest BCUT2D eigenvalue weighted by Gasteiger charge is -2.06. The van der Waals surface area contributed by atoms with Crippen LogP contribution in [0.5, 0.6) is 5.75 Å². The van der Waals surface area contributed by atoms with Crippen LogP contribution in [-0.2, 0) is 4.79 Å². The molecule has 0 unspecified atom stereocenters. The average molecular weight is 347 g/mol. The fraction of sp³-hybridized carbons (Fsp3) is 0.500. The van der Waals surface area contributed by atoms with Crippen LogP contribution in [0, 0.1) is 6.92 Å². The summed E-state index contributed by atoms with van der Waals surface area (Å²) < 4.78 is 5.62. The maximum Gasteiger partial charge on any atom is 0.226 e. The first-order valence-corrected chi connectivity index (χ1v) is 9.26. The maximum absolute atomic E-state index is 12.0. The fourth-order valence-corrected chi connectivity index (χ4v) is 3.35. The summed E-state index contributed by atoms with van der Waals surface area (Å²) in [4.78, 5) is 12.0. The first-order valence-electron chi connectivity index (χ1n) is 8.45. The second-order valence-corrected chi connectivity index (χ2v) is 6.78. The molecule has 0 aliphatic carbocycles. The predicted molar refractivity (Wildman–Crippen MR) is 97.8 cm³/mol. The van der Waals surface area contributed by atoms with Crippen LogP contribution < -0.4 is 10.1 Å². The minimum atomic E-state index is -0.0465. The summed E-state index contributed by atoms with van der Waals surface area (Å²) in [6, 6.07) is 7.90. The molecule has 2 aromatic rings. The Bertz CT molecular complexity index is 636. The highest BCUT2D eigenvalue weighted by molar-refractivity contribution is 7.15. The highest BCUT2D eigenvalue weighted by atomic mass is 32.1. The van der Waals surface area contributed by atoms with Crippen molar-refractivity contribution in [2.24, 2.45) is 0 Å². The SMILES string of the molecule is CCC(CC)c1nnc(NC(=O)CCCOc2ccc(C)cc2)s1. The molecule has 1 aromatic heterocycles. The van der Waals surface area contributed by atoms with Crippen molar-refractivity contribution in [3.8, 4) is 5.75 Å². The Morgan fingerprint density at radius 3 is 2.58 bits per heavy atom. The number of hydrogen-bond donors (Lipinski definition) is 1. The highest BCUT2D eigenvalue weighted by Crippen LogP contribution is 2.28. The van der Waals surface area contributed by atoms with Gasteiger partial charge in [-0.3, -0.25) is 4.79 Å². The number of amides is 1. The van der Waals surface area contributed by atoms with Crippen molar-refractivity contribution in [2.75, 3.05) is 11.9 Å². The monoisotopic (exact) mass is 347 g/mol. The summed E-state index contributed by atoms with van der Waals surface area (Å²) in [5, 5.41) is 12.7. The lowest BCUT2D eigenvalue weighted by molar-refractivity contribution is -0.116. The van der Waals surface area contributed by atoms with E-state index >= 15 is 0 Å². The van der Waals surface area contributed by atoms with Crippen LogP contribution in [0.2, 0.25) is 0 Å². The van der Waals surface area contributed by atoms with Gasteiger partial charge < -0.3 is 10.1 Å². The van der Waals surface area contributed by atoms with Crippen molar-refractivity contribution in [2.45, 2.75) is 52.4 Å². The van der Waals surface area contributed by atoms with Gasteiger partial charge in [0.2, 0.25) is 11.0 Å². The van der Waals surface area contributed by atoms with E-state index in [4.69, 9.17) is 4.74 Å². The van der Waals surface area contributed by atoms with Crippen LogP contribution >= 0.6 is 11.3 Å². The summed E-state index contributed by atoms with van der Waals surface area (Å²) >= 11 is 1.47. The molecule has 1 amide bonds. The van der Waals surface area contributed by atoms with Gasteiger partial charge in [0.1, 0.15) is 10.8 Å². The van der Waals surface area contributed by atoms with Crippen LogP contribution in [0.1, 0.15) is 56.0 Å². The van der Waals surface area contributed by atoms with Gasteiger partial charge in [0.25, 0.3) is 0 Å². The van der Waals surface area contributed by atoms with Crippen LogP contribution in [-0.4, -0.2) is 22.7 Å². The third-order valence-corrected chi connectivity index (χ3v) is 4.86. The number of benzene rings is 1. The minimum Gasteiger partial charge on any atom is -0.494 e. The Labute approximate surface area is 147 Å². The molecule has 2 rings (SSSR count). The standard InChI is InChI=1S/C18H25N3O2S/c1-4-14(5-2)17-20-21-18(24-17)19-16(22)7-6-12-23-15-10-8-13(3)9-11-15/h8-11,14H,4-7,12H2,1-3H3,(H,19,21,22). The Kier molecular flexibility index (Phi) is 7.18. The lowest BCUT2D eigenvalue weighted by Crippen LogP contribution is -2.12. The molecule has 130 valence electrons. The smallest absolute Gasteiger partial charge is 0.226 e. The normalized spacial score (nSPS) is 10.8. The number of anilines is 1. The maximum atomic E-state index is 12.0. The molecule has 0 aliphatic rings. The number of rotatable bonds is 9. The summed E-state index contributed by atoms with van der Waals surface area (Å²) in [6.45, 7) is 6.84. The van der Waals surface area contributed by atoms with Gasteiger partial charge in [0.05, 0.1) is 6.61 Å². The number of carbonyl (C=O) groups excluding carboxylic acids is 1. The molecule has 0 radical (unpaired) electrons. The van der Waals surface area contributed by atoms with Crippen LogP contribution in [0.15, 0.2) is 24.3 Å². The van der Waals surface area contributed by atoms with Crippen molar-refractivity contribution in [1.82, 2.24) is 10.2 Å². The number of hydrogen-bond acceptors (Lipinski definition) is 5. The van der Waals surface area contributed by atoms with Crippen molar-refractivity contribution >= 4 is 22.4 Å². The summed E-state index contributed by atoms with van der Waals surface area (Å²) in [5.41, 5.74) is 1.20. The fourth-order valence-electron chi connectivity index (χ4n) is 2.33. The van der Waals surface area contributed by atoms with E-state index in [0.717, 1.165) is 23.6 Å². The molecule has 1 N–H and O–H groups in total. The molecule has 6 heteroatoms. The third-order valence-electron chi connectivity index (χ3n) is 3.86. The van der Waals surface area contributed by atoms with E-state index in [-0.39, 0.29) is 5.91 Å². The zero-order valence-corrected chi connectivity index (χ0v) is 15.4. The molecule has 1 heterocycles. The van der Waals surface area contributed by atoms with E-state index < -0.39 is 0 Å². The summed E-state index contributed by atoms with van der Waals surface area (Å²) in [5.74, 6) is 1.21. The molecule has 0 atom stereocenters. The zero-order valence-electron chi connectivity index (χ0n) is 14.5. The Balaban J connectivity index is 1.70. The van der Waals surface area contributed by atoms with E-state index in [9.17, 15) is 4.79 Å². The number of ether oxygens (including phenoxy) is 1. The van der Waals surface area contributed by atoms with Gasteiger partial charge in [-0.05, 0) is 38.3 Å². The second-order valence-electron chi connectivity index (χ2n) is 5.77. The Morgan fingerprint density at radius 1 is 1.21 bits per heavy atom. The first kappa shape index (κ1) is 18.4. The van der Waals surface area contributed by atoms with Crippen LogP contribution in [0.25, 0.3) is 0 Å². The van der Waals surface area contributed by atoms with Gasteiger partial charge in [-0.15, -0.1) is 10.2 Å². The van der Waals surface area contributed by atoms with Crippen LogP contribution in [0.4, 0.5) is 5.13 Å². The topological polar surface area (TPSA) is 64.1 Å². The van der Waals surface area contributed by atoms with Crippen LogP contribution in [0.3, 0.4) is 0 Å². The van der Waals surface area contributed by atoms with Gasteiger partial charge >= 0.3 is 0 Å². The van der Waals surface area contributed by atoms with Gasteiger partial charge in [-0.25, -0.2) is 0 Å². The number of nitrogens with zero attached hydrogens (tertiary/aromatic N) is 2. The number of carbonyl (C=O) groups is 1. The quantitative estimate of drug-likeness (QED) is 0.676. The molecule has 0 bridgehead atoms. The average Bonchev–Trinajstić information content (AvgIpc) is 3.02. The summed E-state index contributed by atoms with van der Waals surface area (Å²) in [6.07, 6.45) is 3.15. The Morgan fingerprint density at radius 2 is 1.92 bits per heavy atom. The van der Waals surface area contributed by atoms with Crippen molar-refractivity contribution in [3.63, 3.8) is 0 Å². The van der Waals surface area contributed by atoms with Gasteiger partial charge in [0, 0.05) is 12.3 Å².